The molecule has 1 fully saturated rings. The van der Waals surface area contributed by atoms with E-state index in [1.165, 1.54) is 11.3 Å². The molecule has 0 aliphatic carbocycles. The minimum absolute atomic E-state index is 0.0235. The third kappa shape index (κ3) is 3.42. The molecule has 2 heterocycles. The number of carbonyl (C=O) groups is 1. The van der Waals surface area contributed by atoms with Gasteiger partial charge < -0.3 is 10.2 Å². The van der Waals surface area contributed by atoms with E-state index in [-0.39, 0.29) is 5.91 Å². The van der Waals surface area contributed by atoms with Crippen molar-refractivity contribution >= 4 is 39.7 Å². The van der Waals surface area contributed by atoms with Crippen LogP contribution < -0.4 is 5.32 Å². The molecule has 6 heteroatoms. The number of aromatic nitrogens is 1. The van der Waals surface area contributed by atoms with E-state index in [0.717, 1.165) is 31.6 Å². The first-order chi connectivity index (χ1) is 10.6. The summed E-state index contributed by atoms with van der Waals surface area (Å²) in [5.41, 5.74) is 1.30. The number of nitrogens with one attached hydrogen (secondary N) is 1. The van der Waals surface area contributed by atoms with Crippen LogP contribution in [0.25, 0.3) is 0 Å². The first kappa shape index (κ1) is 15.3. The normalized spacial score (nSPS) is 15.8. The predicted molar refractivity (Wildman–Crippen MR) is 91.2 cm³/mol. The van der Waals surface area contributed by atoms with Crippen molar-refractivity contribution in [1.29, 1.82) is 0 Å². The molecule has 1 aliphatic heterocycles. The Bertz CT molecular complexity index is 665. The van der Waals surface area contributed by atoms with Crippen molar-refractivity contribution in [2.24, 2.45) is 5.92 Å². The number of likely N-dealkylation sites (tertiary alicyclic amines) is 1. The van der Waals surface area contributed by atoms with Crippen molar-refractivity contribution in [2.75, 3.05) is 18.4 Å². The van der Waals surface area contributed by atoms with Crippen molar-refractivity contribution in [1.82, 2.24) is 9.88 Å². The van der Waals surface area contributed by atoms with E-state index in [1.54, 1.807) is 5.38 Å². The highest BCUT2D eigenvalue weighted by Gasteiger charge is 2.23. The first-order valence-electron chi connectivity index (χ1n) is 7.40. The number of amides is 1. The Labute approximate surface area is 139 Å². The van der Waals surface area contributed by atoms with Crippen molar-refractivity contribution in [3.05, 3.63) is 40.4 Å². The number of carbonyl (C=O) groups excluding carboxylic acids is 1. The summed E-state index contributed by atoms with van der Waals surface area (Å²) in [6.45, 7) is 3.88. The summed E-state index contributed by atoms with van der Waals surface area (Å²) in [4.78, 5) is 18.8. The summed E-state index contributed by atoms with van der Waals surface area (Å²) in [7, 11) is 0. The molecule has 1 amide bonds. The second-order valence-electron chi connectivity index (χ2n) is 5.62. The Hall–Kier alpha value is -1.59. The van der Waals surface area contributed by atoms with Crippen LogP contribution in [0.1, 0.15) is 30.3 Å². The molecule has 2 aromatic rings. The zero-order valence-corrected chi connectivity index (χ0v) is 14.0. The number of hydrogen-bond donors (Lipinski definition) is 1. The van der Waals surface area contributed by atoms with Crippen LogP contribution in [0.4, 0.5) is 10.8 Å². The van der Waals surface area contributed by atoms with E-state index in [4.69, 9.17) is 11.6 Å². The van der Waals surface area contributed by atoms with Gasteiger partial charge in [-0.15, -0.1) is 11.3 Å². The highest BCUT2D eigenvalue weighted by atomic mass is 35.5. The van der Waals surface area contributed by atoms with Gasteiger partial charge in [0.2, 0.25) is 0 Å². The maximum absolute atomic E-state index is 12.5. The molecule has 1 aromatic heterocycles. The molecule has 1 aliphatic rings. The molecule has 1 saturated heterocycles. The number of rotatable bonds is 3. The number of piperidine rings is 1. The SMILES string of the molecule is CC1CCN(C(=O)c2csc(Nc3ccccc3Cl)n2)CC1. The van der Waals surface area contributed by atoms with Gasteiger partial charge in [0.05, 0.1) is 10.7 Å². The summed E-state index contributed by atoms with van der Waals surface area (Å²) in [5.74, 6) is 0.729. The predicted octanol–water partition coefficient (Wildman–Crippen LogP) is 4.41. The molecule has 1 N–H and O–H groups in total. The number of benzene rings is 1. The second-order valence-corrected chi connectivity index (χ2v) is 6.88. The summed E-state index contributed by atoms with van der Waals surface area (Å²) in [6.07, 6.45) is 2.14. The van der Waals surface area contributed by atoms with E-state index < -0.39 is 0 Å². The van der Waals surface area contributed by atoms with Gasteiger partial charge >= 0.3 is 0 Å². The highest BCUT2D eigenvalue weighted by molar-refractivity contribution is 7.14. The van der Waals surface area contributed by atoms with Crippen LogP contribution in [0.15, 0.2) is 29.6 Å². The van der Waals surface area contributed by atoms with E-state index in [1.807, 2.05) is 29.2 Å². The van der Waals surface area contributed by atoms with Crippen LogP contribution >= 0.6 is 22.9 Å². The molecule has 116 valence electrons. The number of nitrogens with zero attached hydrogens (tertiary/aromatic N) is 2. The summed E-state index contributed by atoms with van der Waals surface area (Å²) < 4.78 is 0. The third-order valence-corrected chi connectivity index (χ3v) is 5.00. The lowest BCUT2D eigenvalue weighted by atomic mass is 9.99. The van der Waals surface area contributed by atoms with Crippen LogP contribution in [0.3, 0.4) is 0 Å². The molecule has 3 rings (SSSR count). The molecule has 0 unspecified atom stereocenters. The second kappa shape index (κ2) is 6.67. The van der Waals surface area contributed by atoms with Crippen LogP contribution in [0, 0.1) is 5.92 Å². The fourth-order valence-corrected chi connectivity index (χ4v) is 3.36. The fourth-order valence-electron chi connectivity index (χ4n) is 2.48. The summed E-state index contributed by atoms with van der Waals surface area (Å²) >= 11 is 7.54. The minimum atomic E-state index is 0.0235. The van der Waals surface area contributed by atoms with Gasteiger partial charge in [-0.2, -0.15) is 0 Å². The van der Waals surface area contributed by atoms with Gasteiger partial charge in [0.25, 0.3) is 5.91 Å². The van der Waals surface area contributed by atoms with Crippen molar-refractivity contribution in [2.45, 2.75) is 19.8 Å². The molecule has 4 nitrogen and oxygen atoms in total. The molecule has 0 bridgehead atoms. The highest BCUT2D eigenvalue weighted by Crippen LogP contribution is 2.27. The first-order valence-corrected chi connectivity index (χ1v) is 8.65. The number of anilines is 2. The lowest BCUT2D eigenvalue weighted by Gasteiger charge is -2.29. The average Bonchev–Trinajstić information content (AvgIpc) is 2.98. The van der Waals surface area contributed by atoms with Crippen molar-refractivity contribution in [3.63, 3.8) is 0 Å². The number of thiazole rings is 1. The molecule has 22 heavy (non-hydrogen) atoms. The zero-order valence-electron chi connectivity index (χ0n) is 12.4. The van der Waals surface area contributed by atoms with Crippen molar-refractivity contribution in [3.8, 4) is 0 Å². The molecule has 0 saturated carbocycles. The van der Waals surface area contributed by atoms with E-state index in [9.17, 15) is 4.79 Å². The Morgan fingerprint density at radius 2 is 2.09 bits per heavy atom. The zero-order chi connectivity index (χ0) is 15.5. The van der Waals surface area contributed by atoms with Crippen LogP contribution in [0.2, 0.25) is 5.02 Å². The van der Waals surface area contributed by atoms with E-state index in [0.29, 0.717) is 21.8 Å². The van der Waals surface area contributed by atoms with Gasteiger partial charge in [-0.25, -0.2) is 4.98 Å². The van der Waals surface area contributed by atoms with E-state index >= 15 is 0 Å². The lowest BCUT2D eigenvalue weighted by Crippen LogP contribution is -2.38. The monoisotopic (exact) mass is 335 g/mol. The van der Waals surface area contributed by atoms with Crippen LogP contribution in [-0.4, -0.2) is 28.9 Å². The third-order valence-electron chi connectivity index (χ3n) is 3.91. The largest absolute Gasteiger partial charge is 0.337 e. The lowest BCUT2D eigenvalue weighted by molar-refractivity contribution is 0.0692. The van der Waals surface area contributed by atoms with Gasteiger partial charge in [-0.05, 0) is 30.9 Å². The number of halogens is 1. The maximum atomic E-state index is 12.5. The van der Waals surface area contributed by atoms with Gasteiger partial charge in [0.1, 0.15) is 5.69 Å². The molecular formula is C16H18ClN3OS. The van der Waals surface area contributed by atoms with Gasteiger partial charge in [0.15, 0.2) is 5.13 Å². The Morgan fingerprint density at radius 1 is 1.36 bits per heavy atom. The van der Waals surface area contributed by atoms with Gasteiger partial charge in [-0.3, -0.25) is 4.79 Å². The molecular weight excluding hydrogens is 318 g/mol. The molecule has 0 atom stereocenters. The topological polar surface area (TPSA) is 45.2 Å². The quantitative estimate of drug-likeness (QED) is 0.903. The maximum Gasteiger partial charge on any atom is 0.273 e. The average molecular weight is 336 g/mol. The number of para-hydroxylation sites is 1. The Morgan fingerprint density at radius 3 is 2.82 bits per heavy atom. The molecule has 0 radical (unpaired) electrons. The Balaban J connectivity index is 1.68. The molecule has 0 spiro atoms. The minimum Gasteiger partial charge on any atom is -0.337 e. The standard InChI is InChI=1S/C16H18ClN3OS/c1-11-6-8-20(9-7-11)15(21)14-10-22-16(19-14)18-13-5-3-2-4-12(13)17/h2-5,10-11H,6-9H2,1H3,(H,18,19). The molecule has 1 aromatic carbocycles. The van der Waals surface area contributed by atoms with Gasteiger partial charge in [0, 0.05) is 18.5 Å². The van der Waals surface area contributed by atoms with Crippen LogP contribution in [-0.2, 0) is 0 Å². The number of hydrogen-bond acceptors (Lipinski definition) is 4. The Kier molecular flexibility index (Phi) is 4.64. The van der Waals surface area contributed by atoms with Gasteiger partial charge in [-0.1, -0.05) is 30.7 Å². The summed E-state index contributed by atoms with van der Waals surface area (Å²) in [6, 6.07) is 7.49. The van der Waals surface area contributed by atoms with E-state index in [2.05, 4.69) is 17.2 Å². The summed E-state index contributed by atoms with van der Waals surface area (Å²) in [5, 5.41) is 6.28. The van der Waals surface area contributed by atoms with Crippen molar-refractivity contribution < 1.29 is 4.79 Å². The smallest absolute Gasteiger partial charge is 0.273 e. The fraction of sp³-hybridized carbons (Fsp3) is 0.375. The van der Waals surface area contributed by atoms with Crippen LogP contribution in [0.5, 0.6) is 0 Å².